The minimum absolute atomic E-state index is 0.109. The van der Waals surface area contributed by atoms with E-state index < -0.39 is 23.9 Å². The molecule has 1 unspecified atom stereocenters. The van der Waals surface area contributed by atoms with Gasteiger partial charge in [-0.3, -0.25) is 9.59 Å². The molecule has 2 amide bonds. The van der Waals surface area contributed by atoms with Gasteiger partial charge in [0.15, 0.2) is 11.8 Å². The first-order chi connectivity index (χ1) is 14.2. The van der Waals surface area contributed by atoms with Crippen molar-refractivity contribution in [3.05, 3.63) is 47.4 Å². The number of halogens is 3. The van der Waals surface area contributed by atoms with Gasteiger partial charge >= 0.3 is 6.18 Å². The van der Waals surface area contributed by atoms with Gasteiger partial charge in [0.2, 0.25) is 0 Å². The summed E-state index contributed by atoms with van der Waals surface area (Å²) in [6, 6.07) is 5.54. The summed E-state index contributed by atoms with van der Waals surface area (Å²) in [6.07, 6.45) is -4.00. The van der Waals surface area contributed by atoms with Gasteiger partial charge in [-0.1, -0.05) is 6.92 Å². The molecule has 30 heavy (non-hydrogen) atoms. The van der Waals surface area contributed by atoms with E-state index in [1.165, 1.54) is 6.07 Å². The highest BCUT2D eigenvalue weighted by Crippen LogP contribution is 2.33. The molecule has 0 saturated carbocycles. The molecule has 0 radical (unpaired) electrons. The van der Waals surface area contributed by atoms with Crippen molar-refractivity contribution in [3.8, 4) is 5.75 Å². The van der Waals surface area contributed by atoms with Crippen LogP contribution in [0, 0.1) is 0 Å². The third-order valence-corrected chi connectivity index (χ3v) is 4.59. The van der Waals surface area contributed by atoms with Crippen molar-refractivity contribution >= 4 is 28.8 Å². The van der Waals surface area contributed by atoms with Gasteiger partial charge in [0, 0.05) is 11.4 Å². The molecule has 3 heterocycles. The van der Waals surface area contributed by atoms with Crippen LogP contribution in [0.3, 0.4) is 0 Å². The molecule has 156 valence electrons. The molecule has 8 nitrogen and oxygen atoms in total. The zero-order valence-electron chi connectivity index (χ0n) is 15.9. The number of benzene rings is 1. The van der Waals surface area contributed by atoms with Crippen LogP contribution >= 0.6 is 0 Å². The lowest BCUT2D eigenvalue weighted by Gasteiger charge is -2.23. The van der Waals surface area contributed by atoms with Crippen molar-refractivity contribution < 1.29 is 27.5 Å². The number of anilines is 2. The fraction of sp³-hybridized carbons (Fsp3) is 0.263. The number of aryl methyl sites for hydroxylation is 1. The highest BCUT2D eigenvalue weighted by Gasteiger charge is 2.35. The Morgan fingerprint density at radius 3 is 2.80 bits per heavy atom. The number of amides is 2. The second-order valence-corrected chi connectivity index (χ2v) is 6.69. The molecule has 0 aliphatic carbocycles. The fourth-order valence-corrected chi connectivity index (χ4v) is 3.04. The first kappa shape index (κ1) is 19.7. The Morgan fingerprint density at radius 2 is 2.10 bits per heavy atom. The number of hydrogen-bond donors (Lipinski definition) is 2. The van der Waals surface area contributed by atoms with E-state index in [0.717, 1.165) is 12.3 Å². The number of rotatable bonds is 3. The molecule has 1 atom stereocenters. The van der Waals surface area contributed by atoms with Crippen molar-refractivity contribution in [1.82, 2.24) is 14.6 Å². The Kier molecular flexibility index (Phi) is 4.60. The quantitative estimate of drug-likeness (QED) is 0.679. The molecular weight excluding hydrogens is 403 g/mol. The number of ether oxygens (including phenoxy) is 1. The van der Waals surface area contributed by atoms with E-state index in [-0.39, 0.29) is 29.2 Å². The Labute approximate surface area is 168 Å². The minimum Gasteiger partial charge on any atom is -0.479 e. The molecule has 1 aliphatic rings. The van der Waals surface area contributed by atoms with Crippen LogP contribution in [0.2, 0.25) is 0 Å². The van der Waals surface area contributed by atoms with Crippen LogP contribution < -0.4 is 15.4 Å². The van der Waals surface area contributed by atoms with Gasteiger partial charge in [0.1, 0.15) is 17.0 Å². The highest BCUT2D eigenvalue weighted by molar-refractivity contribution is 6.08. The van der Waals surface area contributed by atoms with Crippen molar-refractivity contribution in [3.63, 3.8) is 0 Å². The van der Waals surface area contributed by atoms with Crippen molar-refractivity contribution in [2.24, 2.45) is 0 Å². The summed E-state index contributed by atoms with van der Waals surface area (Å²) >= 11 is 0. The number of alkyl halides is 3. The van der Waals surface area contributed by atoms with Gasteiger partial charge in [0.05, 0.1) is 11.9 Å². The number of nitrogens with zero attached hydrogens (tertiary/aromatic N) is 3. The Bertz CT molecular complexity index is 1170. The van der Waals surface area contributed by atoms with E-state index in [2.05, 4.69) is 20.7 Å². The number of hydrogen-bond acceptors (Lipinski definition) is 5. The predicted molar refractivity (Wildman–Crippen MR) is 100 cm³/mol. The third kappa shape index (κ3) is 3.42. The Balaban J connectivity index is 1.68. The second-order valence-electron chi connectivity index (χ2n) is 6.69. The van der Waals surface area contributed by atoms with Crippen LogP contribution in [0.25, 0.3) is 5.65 Å². The average molecular weight is 419 g/mol. The maximum atomic E-state index is 13.4. The summed E-state index contributed by atoms with van der Waals surface area (Å²) in [6.45, 7) is 3.27. The standard InChI is InChI=1S/C19H16F3N5O3/c1-3-10-7-15(19(20,21)22)27-16(24-10)12(8-23-27)18(29)25-11-4-5-14-13(6-11)26-17(28)9(2)30-14/h4-9H,3H2,1-2H3,(H,25,29)(H,26,28). The topological polar surface area (TPSA) is 97.6 Å². The molecule has 11 heteroatoms. The molecule has 0 saturated heterocycles. The molecule has 0 fully saturated rings. The summed E-state index contributed by atoms with van der Waals surface area (Å²) in [5, 5.41) is 8.95. The molecule has 2 N–H and O–H groups in total. The first-order valence-corrected chi connectivity index (χ1v) is 9.05. The third-order valence-electron chi connectivity index (χ3n) is 4.59. The van der Waals surface area contributed by atoms with E-state index in [4.69, 9.17) is 4.74 Å². The zero-order chi connectivity index (χ0) is 21.6. The SMILES string of the molecule is CCc1cc(C(F)(F)F)n2ncc(C(=O)Nc3ccc4c(c3)NC(=O)C(C)O4)c2n1. The Morgan fingerprint density at radius 1 is 1.33 bits per heavy atom. The van der Waals surface area contributed by atoms with Gasteiger partial charge in [-0.25, -0.2) is 9.50 Å². The minimum atomic E-state index is -4.65. The monoisotopic (exact) mass is 419 g/mol. The van der Waals surface area contributed by atoms with Crippen LogP contribution in [0.5, 0.6) is 5.75 Å². The van der Waals surface area contributed by atoms with Crippen molar-refractivity contribution in [2.75, 3.05) is 10.6 Å². The predicted octanol–water partition coefficient (Wildman–Crippen LogP) is 3.28. The number of aromatic nitrogens is 3. The molecule has 0 spiro atoms. The summed E-state index contributed by atoms with van der Waals surface area (Å²) in [5.74, 6) is -0.569. The number of carbonyl (C=O) groups excluding carboxylic acids is 2. The summed E-state index contributed by atoms with van der Waals surface area (Å²) in [7, 11) is 0. The van der Waals surface area contributed by atoms with Gasteiger partial charge in [-0.15, -0.1) is 0 Å². The van der Waals surface area contributed by atoms with Gasteiger partial charge < -0.3 is 15.4 Å². The van der Waals surface area contributed by atoms with E-state index in [1.807, 2.05) is 0 Å². The summed E-state index contributed by atoms with van der Waals surface area (Å²) in [5.41, 5.74) is -0.427. The molecule has 4 rings (SSSR count). The Hall–Kier alpha value is -3.63. The van der Waals surface area contributed by atoms with Crippen molar-refractivity contribution in [2.45, 2.75) is 32.5 Å². The van der Waals surface area contributed by atoms with Crippen LogP contribution in [0.1, 0.15) is 35.6 Å². The summed E-state index contributed by atoms with van der Waals surface area (Å²) < 4.78 is 46.2. The summed E-state index contributed by atoms with van der Waals surface area (Å²) in [4.78, 5) is 28.6. The molecule has 1 aromatic carbocycles. The fourth-order valence-electron chi connectivity index (χ4n) is 3.04. The smallest absolute Gasteiger partial charge is 0.433 e. The number of fused-ring (bicyclic) bond motifs is 2. The highest BCUT2D eigenvalue weighted by atomic mass is 19.4. The van der Waals surface area contributed by atoms with Crippen LogP contribution in [0.15, 0.2) is 30.5 Å². The maximum absolute atomic E-state index is 13.4. The molecule has 3 aromatic rings. The van der Waals surface area contributed by atoms with Crippen LogP contribution in [-0.4, -0.2) is 32.5 Å². The number of nitrogens with one attached hydrogen (secondary N) is 2. The average Bonchev–Trinajstić information content (AvgIpc) is 3.11. The first-order valence-electron chi connectivity index (χ1n) is 9.05. The molecular formula is C19H16F3N5O3. The van der Waals surface area contributed by atoms with E-state index in [0.29, 0.717) is 21.6 Å². The van der Waals surface area contributed by atoms with Crippen LogP contribution in [0.4, 0.5) is 24.5 Å². The molecule has 0 bridgehead atoms. The van der Waals surface area contributed by atoms with Gasteiger partial charge in [0.25, 0.3) is 11.8 Å². The maximum Gasteiger partial charge on any atom is 0.433 e. The number of carbonyl (C=O) groups is 2. The lowest BCUT2D eigenvalue weighted by molar-refractivity contribution is -0.142. The second kappa shape index (κ2) is 7.01. The van der Waals surface area contributed by atoms with E-state index >= 15 is 0 Å². The normalized spacial score (nSPS) is 16.0. The molecule has 1 aliphatic heterocycles. The lowest BCUT2D eigenvalue weighted by Crippen LogP contribution is -2.34. The van der Waals surface area contributed by atoms with Crippen LogP contribution in [-0.2, 0) is 17.4 Å². The van der Waals surface area contributed by atoms with Crippen molar-refractivity contribution in [1.29, 1.82) is 0 Å². The van der Waals surface area contributed by atoms with Gasteiger partial charge in [-0.2, -0.15) is 18.3 Å². The lowest BCUT2D eigenvalue weighted by atomic mass is 10.2. The molecule has 2 aromatic heterocycles. The van der Waals surface area contributed by atoms with Gasteiger partial charge in [-0.05, 0) is 37.6 Å². The zero-order valence-corrected chi connectivity index (χ0v) is 15.9. The van der Waals surface area contributed by atoms with E-state index in [1.54, 1.807) is 26.0 Å². The largest absolute Gasteiger partial charge is 0.479 e. The van der Waals surface area contributed by atoms with E-state index in [9.17, 15) is 22.8 Å².